The van der Waals surface area contributed by atoms with Crippen LogP contribution >= 0.6 is 0 Å². The Morgan fingerprint density at radius 1 is 1.16 bits per heavy atom. The van der Waals surface area contributed by atoms with Crippen molar-refractivity contribution in [2.45, 2.75) is 18.5 Å². The highest BCUT2D eigenvalue weighted by Crippen LogP contribution is 2.43. The second-order valence-corrected chi connectivity index (χ2v) is 7.82. The number of para-hydroxylation sites is 1. The lowest BCUT2D eigenvalue weighted by molar-refractivity contribution is -0.384. The van der Waals surface area contributed by atoms with E-state index < -0.39 is 17.0 Å². The highest BCUT2D eigenvalue weighted by Gasteiger charge is 2.48. The average molecular weight is 420 g/mol. The molecule has 5 rings (SSSR count). The summed E-state index contributed by atoms with van der Waals surface area (Å²) in [5.41, 5.74) is 3.09. The number of hydrogen-bond acceptors (Lipinski definition) is 5. The molecule has 1 fully saturated rings. The van der Waals surface area contributed by atoms with Crippen molar-refractivity contribution in [3.05, 3.63) is 75.5 Å². The number of β-amino-alcohol motifs (C(OH)–C–C–N with tert-alkyl or cyclic N) is 1. The minimum absolute atomic E-state index is 0.0741. The standard InChI is InChI=1S/C22H20N4O5/c27-9-8-24-12-19(28)25-18(22(24)29)11-16-15-6-1-2-7-17(15)23-20(16)21(25)13-4-3-5-14(10-13)26(30)31/h1-7,10,18,21,23,27H,8-9,11-12H2. The minimum atomic E-state index is -0.733. The first-order valence-corrected chi connectivity index (χ1v) is 10.0. The third kappa shape index (κ3) is 2.97. The van der Waals surface area contributed by atoms with Crippen molar-refractivity contribution in [3.8, 4) is 0 Å². The summed E-state index contributed by atoms with van der Waals surface area (Å²) in [4.78, 5) is 43.6. The van der Waals surface area contributed by atoms with E-state index in [2.05, 4.69) is 4.98 Å². The Labute approximate surface area is 177 Å². The fourth-order valence-corrected chi connectivity index (χ4v) is 4.79. The van der Waals surface area contributed by atoms with Crippen molar-refractivity contribution in [2.75, 3.05) is 19.7 Å². The van der Waals surface area contributed by atoms with Crippen LogP contribution in [0.4, 0.5) is 5.69 Å². The van der Waals surface area contributed by atoms with Gasteiger partial charge in [-0.3, -0.25) is 19.7 Å². The Kier molecular flexibility index (Phi) is 4.48. The predicted molar refractivity (Wildman–Crippen MR) is 111 cm³/mol. The van der Waals surface area contributed by atoms with Crippen LogP contribution in [0.1, 0.15) is 22.9 Å². The van der Waals surface area contributed by atoms with Gasteiger partial charge >= 0.3 is 0 Å². The van der Waals surface area contributed by atoms with E-state index in [1.54, 1.807) is 17.0 Å². The van der Waals surface area contributed by atoms with E-state index in [9.17, 15) is 24.8 Å². The Hall–Kier alpha value is -3.72. The number of aromatic amines is 1. The van der Waals surface area contributed by atoms with Gasteiger partial charge in [0.25, 0.3) is 5.69 Å². The van der Waals surface area contributed by atoms with E-state index >= 15 is 0 Å². The Morgan fingerprint density at radius 2 is 1.97 bits per heavy atom. The number of piperazine rings is 1. The van der Waals surface area contributed by atoms with Gasteiger partial charge < -0.3 is 19.9 Å². The fourth-order valence-electron chi connectivity index (χ4n) is 4.79. The summed E-state index contributed by atoms with van der Waals surface area (Å²) in [7, 11) is 0. The summed E-state index contributed by atoms with van der Waals surface area (Å²) in [6, 6.07) is 12.5. The summed E-state index contributed by atoms with van der Waals surface area (Å²) in [5.74, 6) is -0.473. The monoisotopic (exact) mass is 420 g/mol. The molecule has 2 aliphatic heterocycles. The first-order valence-electron chi connectivity index (χ1n) is 10.0. The number of nitrogens with one attached hydrogen (secondary N) is 1. The van der Waals surface area contributed by atoms with Gasteiger partial charge in [-0.15, -0.1) is 0 Å². The number of non-ortho nitro benzene ring substituents is 1. The molecular formula is C22H20N4O5. The Bertz CT molecular complexity index is 1220. The number of aliphatic hydroxyl groups excluding tert-OH is 1. The molecule has 31 heavy (non-hydrogen) atoms. The third-order valence-corrected chi connectivity index (χ3v) is 6.11. The molecule has 2 N–H and O–H groups in total. The Morgan fingerprint density at radius 3 is 2.74 bits per heavy atom. The minimum Gasteiger partial charge on any atom is -0.395 e. The average Bonchev–Trinajstić information content (AvgIpc) is 3.14. The number of H-pyrrole nitrogens is 1. The molecule has 2 aromatic carbocycles. The largest absolute Gasteiger partial charge is 0.395 e. The van der Waals surface area contributed by atoms with Gasteiger partial charge in [0.1, 0.15) is 6.04 Å². The first kappa shape index (κ1) is 19.3. The molecule has 0 bridgehead atoms. The maximum atomic E-state index is 13.2. The maximum Gasteiger partial charge on any atom is 0.269 e. The molecule has 3 heterocycles. The number of aliphatic hydroxyl groups is 1. The molecule has 2 atom stereocenters. The molecule has 0 spiro atoms. The number of amides is 2. The van der Waals surface area contributed by atoms with Gasteiger partial charge in [0.2, 0.25) is 11.8 Å². The lowest BCUT2D eigenvalue weighted by atomic mass is 9.86. The van der Waals surface area contributed by atoms with Crippen LogP contribution in [0.2, 0.25) is 0 Å². The molecule has 9 heteroatoms. The normalized spacial score (nSPS) is 20.7. The SMILES string of the molecule is O=C1C2Cc3c([nH]c4ccccc34)C(c3cccc([N+](=O)[O-])c3)N2C(=O)CN1CCO. The molecule has 1 saturated heterocycles. The molecular weight excluding hydrogens is 400 g/mol. The van der Waals surface area contributed by atoms with Crippen molar-refractivity contribution in [2.24, 2.45) is 0 Å². The van der Waals surface area contributed by atoms with Gasteiger partial charge in [-0.25, -0.2) is 0 Å². The van der Waals surface area contributed by atoms with E-state index in [1.165, 1.54) is 17.0 Å². The van der Waals surface area contributed by atoms with E-state index in [-0.39, 0.29) is 37.2 Å². The summed E-state index contributed by atoms with van der Waals surface area (Å²) in [6.45, 7) is -0.258. The summed E-state index contributed by atoms with van der Waals surface area (Å²) in [6.07, 6.45) is 0.345. The number of nitrogens with zero attached hydrogens (tertiary/aromatic N) is 3. The molecule has 9 nitrogen and oxygen atoms in total. The second kappa shape index (κ2) is 7.21. The summed E-state index contributed by atoms with van der Waals surface area (Å²) in [5, 5.41) is 21.6. The van der Waals surface area contributed by atoms with Gasteiger partial charge in [-0.1, -0.05) is 30.3 Å². The van der Waals surface area contributed by atoms with Crippen LogP contribution in [0.3, 0.4) is 0 Å². The van der Waals surface area contributed by atoms with E-state index in [1.807, 2.05) is 24.3 Å². The van der Waals surface area contributed by atoms with Crippen LogP contribution in [0.5, 0.6) is 0 Å². The van der Waals surface area contributed by atoms with Crippen molar-refractivity contribution < 1.29 is 19.6 Å². The number of carbonyl (C=O) groups is 2. The number of benzene rings is 2. The van der Waals surface area contributed by atoms with Gasteiger partial charge in [0.05, 0.1) is 24.1 Å². The van der Waals surface area contributed by atoms with E-state index in [0.717, 1.165) is 22.2 Å². The third-order valence-electron chi connectivity index (χ3n) is 6.11. The number of nitro benzene ring substituents is 1. The number of hydrogen-bond donors (Lipinski definition) is 2. The Balaban J connectivity index is 1.71. The predicted octanol–water partition coefficient (Wildman–Crippen LogP) is 1.75. The quantitative estimate of drug-likeness (QED) is 0.492. The highest BCUT2D eigenvalue weighted by molar-refractivity contribution is 5.97. The highest BCUT2D eigenvalue weighted by atomic mass is 16.6. The van der Waals surface area contributed by atoms with Crippen LogP contribution in [-0.2, 0) is 16.0 Å². The summed E-state index contributed by atoms with van der Waals surface area (Å²) >= 11 is 0. The van der Waals surface area contributed by atoms with Crippen LogP contribution in [0.25, 0.3) is 10.9 Å². The molecule has 158 valence electrons. The summed E-state index contributed by atoms with van der Waals surface area (Å²) < 4.78 is 0. The van der Waals surface area contributed by atoms with Gasteiger partial charge in [0.15, 0.2) is 0 Å². The van der Waals surface area contributed by atoms with Crippen LogP contribution < -0.4 is 0 Å². The lowest BCUT2D eigenvalue weighted by Crippen LogP contribution is -2.63. The number of aromatic nitrogens is 1. The number of fused-ring (bicyclic) bond motifs is 4. The number of carbonyl (C=O) groups excluding carboxylic acids is 2. The zero-order valence-corrected chi connectivity index (χ0v) is 16.5. The van der Waals surface area contributed by atoms with Crippen LogP contribution in [0, 0.1) is 10.1 Å². The van der Waals surface area contributed by atoms with Crippen LogP contribution in [0.15, 0.2) is 48.5 Å². The fraction of sp³-hybridized carbons (Fsp3) is 0.273. The molecule has 2 amide bonds. The maximum absolute atomic E-state index is 13.2. The van der Waals surface area contributed by atoms with E-state index in [0.29, 0.717) is 12.0 Å². The lowest BCUT2D eigenvalue weighted by Gasteiger charge is -2.47. The second-order valence-electron chi connectivity index (χ2n) is 7.82. The van der Waals surface area contributed by atoms with Crippen LogP contribution in [-0.4, -0.2) is 62.4 Å². The van der Waals surface area contributed by atoms with E-state index in [4.69, 9.17) is 0 Å². The van der Waals surface area contributed by atoms with Gasteiger partial charge in [-0.05, 0) is 17.2 Å². The molecule has 2 unspecified atom stereocenters. The smallest absolute Gasteiger partial charge is 0.269 e. The molecule has 0 radical (unpaired) electrons. The molecule has 1 aromatic heterocycles. The van der Waals surface area contributed by atoms with Crippen molar-refractivity contribution in [1.82, 2.24) is 14.8 Å². The van der Waals surface area contributed by atoms with Gasteiger partial charge in [0, 0.05) is 41.7 Å². The van der Waals surface area contributed by atoms with Crippen molar-refractivity contribution in [3.63, 3.8) is 0 Å². The number of nitro groups is 1. The molecule has 0 aliphatic carbocycles. The molecule has 0 saturated carbocycles. The zero-order chi connectivity index (χ0) is 21.7. The molecule has 2 aliphatic rings. The first-order chi connectivity index (χ1) is 15.0. The van der Waals surface area contributed by atoms with Crippen molar-refractivity contribution in [1.29, 1.82) is 0 Å². The van der Waals surface area contributed by atoms with Gasteiger partial charge in [-0.2, -0.15) is 0 Å². The van der Waals surface area contributed by atoms with Crippen molar-refractivity contribution >= 4 is 28.4 Å². The topological polar surface area (TPSA) is 120 Å². The number of rotatable bonds is 4. The molecule has 3 aromatic rings. The zero-order valence-electron chi connectivity index (χ0n) is 16.5.